The highest BCUT2D eigenvalue weighted by Gasteiger charge is 2.35. The quantitative estimate of drug-likeness (QED) is 0.462. The van der Waals surface area contributed by atoms with Crippen molar-refractivity contribution in [2.45, 2.75) is 63.3 Å². The summed E-state index contributed by atoms with van der Waals surface area (Å²) in [6.45, 7) is 2.23. The molecular formula is C28H31F3N4O. The fraction of sp³-hybridized carbons (Fsp3) is 0.464. The molecule has 3 atom stereocenters. The van der Waals surface area contributed by atoms with Gasteiger partial charge in [-0.15, -0.1) is 0 Å². The van der Waals surface area contributed by atoms with Gasteiger partial charge in [0.25, 0.3) is 5.92 Å². The van der Waals surface area contributed by atoms with E-state index in [1.807, 2.05) is 6.07 Å². The summed E-state index contributed by atoms with van der Waals surface area (Å²) in [5, 5.41) is 0.158. The van der Waals surface area contributed by atoms with E-state index in [9.17, 15) is 18.0 Å². The molecule has 190 valence electrons. The van der Waals surface area contributed by atoms with Crippen molar-refractivity contribution in [2.24, 2.45) is 11.7 Å². The van der Waals surface area contributed by atoms with E-state index < -0.39 is 18.3 Å². The molecule has 36 heavy (non-hydrogen) atoms. The summed E-state index contributed by atoms with van der Waals surface area (Å²) in [5.41, 5.74) is 9.20. The number of fused-ring (bicyclic) bond motifs is 1. The number of alkyl halides is 2. The summed E-state index contributed by atoms with van der Waals surface area (Å²) in [6.07, 6.45) is 8.13. The van der Waals surface area contributed by atoms with Crippen molar-refractivity contribution in [3.63, 3.8) is 0 Å². The molecule has 1 aliphatic heterocycles. The van der Waals surface area contributed by atoms with Gasteiger partial charge in [-0.1, -0.05) is 6.92 Å². The number of pyridine rings is 2. The van der Waals surface area contributed by atoms with Crippen molar-refractivity contribution in [1.82, 2.24) is 9.97 Å². The SMILES string of the molecule is C[C@@H]1C[C@H](N)C[C@H](c2ccncc2CC(=O)c2ccc(F)c3cc(N4CCCC(F)(F)C4)cnc23)C1. The van der Waals surface area contributed by atoms with Crippen LogP contribution in [0.3, 0.4) is 0 Å². The lowest BCUT2D eigenvalue weighted by molar-refractivity contribution is -0.0116. The van der Waals surface area contributed by atoms with Crippen LogP contribution in [0.25, 0.3) is 10.9 Å². The number of carbonyl (C=O) groups is 1. The highest BCUT2D eigenvalue weighted by atomic mass is 19.3. The Morgan fingerprint density at radius 3 is 2.81 bits per heavy atom. The lowest BCUT2D eigenvalue weighted by Gasteiger charge is -2.34. The van der Waals surface area contributed by atoms with Gasteiger partial charge in [0.1, 0.15) is 5.82 Å². The largest absolute Gasteiger partial charge is 0.364 e. The van der Waals surface area contributed by atoms with Crippen LogP contribution in [0.2, 0.25) is 0 Å². The molecule has 1 aliphatic carbocycles. The number of piperidine rings is 1. The minimum absolute atomic E-state index is 0.117. The maximum absolute atomic E-state index is 14.8. The van der Waals surface area contributed by atoms with Gasteiger partial charge in [-0.3, -0.25) is 14.8 Å². The highest BCUT2D eigenvalue weighted by Crippen LogP contribution is 2.37. The number of rotatable bonds is 5. The first kappa shape index (κ1) is 24.7. The van der Waals surface area contributed by atoms with Gasteiger partial charge in [-0.2, -0.15) is 0 Å². The number of nitrogens with zero attached hydrogens (tertiary/aromatic N) is 3. The van der Waals surface area contributed by atoms with Crippen molar-refractivity contribution < 1.29 is 18.0 Å². The number of hydrogen-bond acceptors (Lipinski definition) is 5. The zero-order valence-electron chi connectivity index (χ0n) is 20.4. The normalized spacial score (nSPS) is 24.1. The predicted octanol–water partition coefficient (Wildman–Crippen LogP) is 5.66. The number of nitrogens with two attached hydrogens (primary N) is 1. The number of carbonyl (C=O) groups excluding carboxylic acids is 1. The van der Waals surface area contributed by atoms with Crippen molar-refractivity contribution >= 4 is 22.4 Å². The molecule has 0 amide bonds. The standard InChI is InChI=1S/C28H31F3N4O/c1-17-9-18(11-20(32)10-17)22-5-7-33-14-19(22)12-26(36)23-3-4-25(29)24-13-21(15-34-27(23)24)35-8-2-6-28(30,31)16-35/h3-5,7,13-15,17-18,20H,2,6,8-12,16,32H2,1H3/t17-,18+,20-/m0/s1. The molecule has 1 aromatic carbocycles. The Morgan fingerprint density at radius 1 is 1.19 bits per heavy atom. The zero-order chi connectivity index (χ0) is 25.4. The smallest absolute Gasteiger partial charge is 0.265 e. The van der Waals surface area contributed by atoms with Gasteiger partial charge >= 0.3 is 0 Å². The molecule has 0 spiro atoms. The summed E-state index contributed by atoms with van der Waals surface area (Å²) in [4.78, 5) is 23.6. The fourth-order valence-corrected chi connectivity index (χ4v) is 5.92. The number of benzene rings is 1. The van der Waals surface area contributed by atoms with E-state index in [1.54, 1.807) is 12.4 Å². The molecule has 1 saturated carbocycles. The third kappa shape index (κ3) is 5.09. The van der Waals surface area contributed by atoms with Gasteiger partial charge in [-0.05, 0) is 72.9 Å². The highest BCUT2D eigenvalue weighted by molar-refractivity contribution is 6.08. The second kappa shape index (κ2) is 9.81. The van der Waals surface area contributed by atoms with Crippen LogP contribution < -0.4 is 10.6 Å². The minimum Gasteiger partial charge on any atom is -0.364 e. The van der Waals surface area contributed by atoms with E-state index in [0.717, 1.165) is 30.4 Å². The maximum Gasteiger partial charge on any atom is 0.265 e. The minimum atomic E-state index is -2.79. The number of halogens is 3. The number of Topliss-reactive ketones (excluding diaryl/α,β-unsaturated/α-hetero) is 1. The van der Waals surface area contributed by atoms with Crippen molar-refractivity contribution in [3.8, 4) is 0 Å². The molecule has 2 fully saturated rings. The Labute approximate surface area is 208 Å². The van der Waals surface area contributed by atoms with Crippen LogP contribution in [0, 0.1) is 11.7 Å². The Morgan fingerprint density at radius 2 is 2.03 bits per heavy atom. The van der Waals surface area contributed by atoms with Crippen LogP contribution in [0.4, 0.5) is 18.9 Å². The predicted molar refractivity (Wildman–Crippen MR) is 134 cm³/mol. The van der Waals surface area contributed by atoms with Crippen LogP contribution >= 0.6 is 0 Å². The van der Waals surface area contributed by atoms with Crippen molar-refractivity contribution in [1.29, 1.82) is 0 Å². The van der Waals surface area contributed by atoms with Crippen LogP contribution in [-0.4, -0.2) is 40.8 Å². The molecule has 3 aromatic rings. The average Bonchev–Trinajstić information content (AvgIpc) is 2.83. The van der Waals surface area contributed by atoms with E-state index >= 15 is 0 Å². The van der Waals surface area contributed by atoms with Crippen molar-refractivity contribution in [2.75, 3.05) is 18.0 Å². The van der Waals surface area contributed by atoms with E-state index in [-0.39, 0.29) is 41.5 Å². The second-order valence-electron chi connectivity index (χ2n) is 10.5. The molecule has 2 N–H and O–H groups in total. The molecule has 0 bridgehead atoms. The molecule has 1 saturated heterocycles. The van der Waals surface area contributed by atoms with E-state index in [4.69, 9.17) is 5.73 Å². The van der Waals surface area contributed by atoms with E-state index in [0.29, 0.717) is 30.1 Å². The number of ketones is 1. The third-order valence-corrected chi connectivity index (χ3v) is 7.55. The molecule has 2 aromatic heterocycles. The number of hydrogen-bond donors (Lipinski definition) is 1. The summed E-state index contributed by atoms with van der Waals surface area (Å²) in [7, 11) is 0. The van der Waals surface area contributed by atoms with E-state index in [2.05, 4.69) is 16.9 Å². The maximum atomic E-state index is 14.8. The van der Waals surface area contributed by atoms with Gasteiger partial charge in [0, 0.05) is 48.8 Å². The summed E-state index contributed by atoms with van der Waals surface area (Å²) in [5.74, 6) is -2.73. The van der Waals surface area contributed by atoms with Crippen LogP contribution in [-0.2, 0) is 6.42 Å². The summed E-state index contributed by atoms with van der Waals surface area (Å²) in [6, 6.07) is 6.33. The molecule has 8 heteroatoms. The Bertz CT molecular complexity index is 1270. The second-order valence-corrected chi connectivity index (χ2v) is 10.5. The Kier molecular flexibility index (Phi) is 6.72. The first-order valence-electron chi connectivity index (χ1n) is 12.6. The summed E-state index contributed by atoms with van der Waals surface area (Å²) < 4.78 is 42.7. The zero-order valence-corrected chi connectivity index (χ0v) is 20.4. The van der Waals surface area contributed by atoms with Gasteiger partial charge in [0.15, 0.2) is 5.78 Å². The van der Waals surface area contributed by atoms with Crippen LogP contribution in [0.5, 0.6) is 0 Å². The molecule has 5 nitrogen and oxygen atoms in total. The first-order valence-corrected chi connectivity index (χ1v) is 12.6. The average molecular weight is 497 g/mol. The molecule has 0 radical (unpaired) electrons. The Balaban J connectivity index is 1.44. The molecule has 2 aliphatic rings. The van der Waals surface area contributed by atoms with Crippen molar-refractivity contribution in [3.05, 3.63) is 65.4 Å². The Hall–Kier alpha value is -3.00. The molecule has 3 heterocycles. The van der Waals surface area contributed by atoms with Crippen LogP contribution in [0.1, 0.15) is 66.4 Å². The number of aromatic nitrogens is 2. The van der Waals surface area contributed by atoms with E-state index in [1.165, 1.54) is 29.3 Å². The van der Waals surface area contributed by atoms with Crippen LogP contribution in [0.15, 0.2) is 42.9 Å². The lowest BCUT2D eigenvalue weighted by Crippen LogP contribution is -2.42. The fourth-order valence-electron chi connectivity index (χ4n) is 5.92. The topological polar surface area (TPSA) is 72.1 Å². The van der Waals surface area contributed by atoms with Gasteiger partial charge in [0.2, 0.25) is 0 Å². The first-order chi connectivity index (χ1) is 17.2. The monoisotopic (exact) mass is 496 g/mol. The van der Waals surface area contributed by atoms with Gasteiger partial charge in [0.05, 0.1) is 23.9 Å². The van der Waals surface area contributed by atoms with Gasteiger partial charge < -0.3 is 10.6 Å². The van der Waals surface area contributed by atoms with Gasteiger partial charge in [-0.25, -0.2) is 13.2 Å². The third-order valence-electron chi connectivity index (χ3n) is 7.55. The summed E-state index contributed by atoms with van der Waals surface area (Å²) >= 11 is 0. The molecule has 0 unspecified atom stereocenters. The molecular weight excluding hydrogens is 465 g/mol. The lowest BCUT2D eigenvalue weighted by atomic mass is 9.75. The number of anilines is 1. The molecule has 5 rings (SSSR count).